The van der Waals surface area contributed by atoms with Crippen LogP contribution in [0.4, 0.5) is 5.69 Å². The first-order valence-corrected chi connectivity index (χ1v) is 5.47. The van der Waals surface area contributed by atoms with E-state index in [1.54, 1.807) is 0 Å². The van der Waals surface area contributed by atoms with Crippen molar-refractivity contribution in [1.82, 2.24) is 0 Å². The van der Waals surface area contributed by atoms with E-state index in [0.29, 0.717) is 0 Å². The minimum atomic E-state index is -1.09. The van der Waals surface area contributed by atoms with E-state index in [9.17, 15) is 19.7 Å². The van der Waals surface area contributed by atoms with Gasteiger partial charge in [-0.1, -0.05) is 11.6 Å². The van der Waals surface area contributed by atoms with Crippen molar-refractivity contribution in [1.29, 1.82) is 0 Å². The van der Waals surface area contributed by atoms with Gasteiger partial charge in [-0.25, -0.2) is 9.59 Å². The molecule has 1 aromatic carbocycles. The highest BCUT2D eigenvalue weighted by atomic mass is 35.5. The zero-order chi connectivity index (χ0) is 14.6. The molecule has 0 saturated carbocycles. The van der Waals surface area contributed by atoms with Gasteiger partial charge in [-0.15, -0.1) is 0 Å². The minimum absolute atomic E-state index is 0.0666. The zero-order valence-electron chi connectivity index (χ0n) is 10.1. The molecule has 0 aromatic heterocycles. The summed E-state index contributed by atoms with van der Waals surface area (Å²) < 4.78 is 9.19. The molecule has 8 heteroatoms. The summed E-state index contributed by atoms with van der Waals surface area (Å²) in [4.78, 5) is 32.6. The van der Waals surface area contributed by atoms with Crippen molar-refractivity contribution in [3.05, 3.63) is 38.9 Å². The Balaban J connectivity index is 2.89. The lowest BCUT2D eigenvalue weighted by Gasteiger charge is -2.11. The van der Waals surface area contributed by atoms with E-state index in [2.05, 4.69) is 4.74 Å². The number of ether oxygens (including phenoxy) is 2. The van der Waals surface area contributed by atoms with Gasteiger partial charge in [-0.2, -0.15) is 0 Å². The maximum absolute atomic E-state index is 11.7. The quantitative estimate of drug-likeness (QED) is 0.477. The van der Waals surface area contributed by atoms with Crippen LogP contribution in [0.5, 0.6) is 0 Å². The van der Waals surface area contributed by atoms with Crippen molar-refractivity contribution in [3.8, 4) is 0 Å². The smallest absolute Gasteiger partial charge is 0.346 e. The number of carbonyl (C=O) groups excluding carboxylic acids is 2. The number of hydrogen-bond acceptors (Lipinski definition) is 6. The third-order valence-electron chi connectivity index (χ3n) is 2.20. The molecule has 0 N–H and O–H groups in total. The molecular weight excluding hydrogens is 278 g/mol. The van der Waals surface area contributed by atoms with Crippen LogP contribution in [0.2, 0.25) is 5.02 Å². The van der Waals surface area contributed by atoms with E-state index in [4.69, 9.17) is 16.3 Å². The number of nitro groups is 1. The summed E-state index contributed by atoms with van der Waals surface area (Å²) in [7, 11) is 1.16. The van der Waals surface area contributed by atoms with Crippen LogP contribution in [-0.4, -0.2) is 30.1 Å². The van der Waals surface area contributed by atoms with Gasteiger partial charge in [0.25, 0.3) is 5.69 Å². The SMILES string of the molecule is COC(=O)[C@@H](C)OC(=O)c1ccc([N+](=O)[O-])cc1Cl. The van der Waals surface area contributed by atoms with Crippen LogP contribution in [0.3, 0.4) is 0 Å². The van der Waals surface area contributed by atoms with E-state index in [-0.39, 0.29) is 16.3 Å². The Morgan fingerprint density at radius 1 is 1.42 bits per heavy atom. The molecule has 0 bridgehead atoms. The predicted octanol–water partition coefficient (Wildman–Crippen LogP) is 1.97. The van der Waals surface area contributed by atoms with Crippen molar-refractivity contribution in [2.24, 2.45) is 0 Å². The summed E-state index contributed by atoms with van der Waals surface area (Å²) in [6, 6.07) is 3.30. The van der Waals surface area contributed by atoms with Gasteiger partial charge in [0, 0.05) is 12.1 Å². The van der Waals surface area contributed by atoms with Crippen molar-refractivity contribution < 1.29 is 24.0 Å². The van der Waals surface area contributed by atoms with Crippen LogP contribution in [-0.2, 0) is 14.3 Å². The van der Waals surface area contributed by atoms with Crippen molar-refractivity contribution >= 4 is 29.2 Å². The second-order valence-corrected chi connectivity index (χ2v) is 3.90. The highest BCUT2D eigenvalue weighted by Crippen LogP contribution is 2.23. The molecule has 1 atom stereocenters. The molecule has 19 heavy (non-hydrogen) atoms. The Morgan fingerprint density at radius 2 is 2.05 bits per heavy atom. The Bertz CT molecular complexity index is 530. The fourth-order valence-corrected chi connectivity index (χ4v) is 1.47. The standard InChI is InChI=1S/C11H10ClNO6/c1-6(10(14)18-2)19-11(15)8-4-3-7(13(16)17)5-9(8)12/h3-6H,1-2H3/t6-/m1/s1. The van der Waals surface area contributed by atoms with Gasteiger partial charge in [0.15, 0.2) is 6.10 Å². The van der Waals surface area contributed by atoms with E-state index in [1.807, 2.05) is 0 Å². The summed E-state index contributed by atoms with van der Waals surface area (Å²) >= 11 is 5.74. The summed E-state index contributed by atoms with van der Waals surface area (Å²) in [5.74, 6) is -1.58. The van der Waals surface area contributed by atoms with Gasteiger partial charge in [-0.05, 0) is 13.0 Å². The molecule has 0 aliphatic heterocycles. The average Bonchev–Trinajstić information content (AvgIpc) is 2.37. The second-order valence-electron chi connectivity index (χ2n) is 3.49. The van der Waals surface area contributed by atoms with Crippen LogP contribution in [0, 0.1) is 10.1 Å². The molecule has 0 heterocycles. The van der Waals surface area contributed by atoms with Crippen molar-refractivity contribution in [2.45, 2.75) is 13.0 Å². The first-order valence-electron chi connectivity index (χ1n) is 5.09. The molecule has 0 saturated heterocycles. The number of benzene rings is 1. The molecule has 102 valence electrons. The van der Waals surface area contributed by atoms with E-state index in [0.717, 1.165) is 25.3 Å². The van der Waals surface area contributed by atoms with Crippen LogP contribution >= 0.6 is 11.6 Å². The van der Waals surface area contributed by atoms with Crippen LogP contribution < -0.4 is 0 Å². The highest BCUT2D eigenvalue weighted by molar-refractivity contribution is 6.33. The number of non-ortho nitro benzene ring substituents is 1. The number of nitrogens with zero attached hydrogens (tertiary/aromatic N) is 1. The Labute approximate surface area is 113 Å². The number of hydrogen-bond donors (Lipinski definition) is 0. The number of carbonyl (C=O) groups is 2. The summed E-state index contributed by atoms with van der Waals surface area (Å²) in [6.07, 6.45) is -1.09. The number of esters is 2. The van der Waals surface area contributed by atoms with Crippen LogP contribution in [0.25, 0.3) is 0 Å². The Kier molecular flexibility index (Phi) is 4.82. The largest absolute Gasteiger partial charge is 0.466 e. The first-order chi connectivity index (χ1) is 8.86. The monoisotopic (exact) mass is 287 g/mol. The molecule has 1 rings (SSSR count). The van der Waals surface area contributed by atoms with Gasteiger partial charge < -0.3 is 9.47 Å². The van der Waals surface area contributed by atoms with E-state index < -0.39 is 23.0 Å². The third-order valence-corrected chi connectivity index (χ3v) is 2.51. The third kappa shape index (κ3) is 3.65. The molecule has 0 unspecified atom stereocenters. The maximum Gasteiger partial charge on any atom is 0.346 e. The van der Waals surface area contributed by atoms with Crippen molar-refractivity contribution in [2.75, 3.05) is 7.11 Å². The molecule has 0 radical (unpaired) electrons. The second kappa shape index (κ2) is 6.14. The molecule has 0 aliphatic rings. The topological polar surface area (TPSA) is 95.7 Å². The lowest BCUT2D eigenvalue weighted by Crippen LogP contribution is -2.25. The molecule has 0 amide bonds. The van der Waals surface area contributed by atoms with Gasteiger partial charge in [0.05, 0.1) is 22.6 Å². The fraction of sp³-hybridized carbons (Fsp3) is 0.273. The molecular formula is C11H10ClNO6. The highest BCUT2D eigenvalue weighted by Gasteiger charge is 2.22. The minimum Gasteiger partial charge on any atom is -0.466 e. The maximum atomic E-state index is 11.7. The molecule has 0 spiro atoms. The van der Waals surface area contributed by atoms with Gasteiger partial charge >= 0.3 is 11.9 Å². The Hall–Kier alpha value is -2.15. The lowest BCUT2D eigenvalue weighted by molar-refractivity contribution is -0.384. The first kappa shape index (κ1) is 14.9. The lowest BCUT2D eigenvalue weighted by atomic mass is 10.2. The van der Waals surface area contributed by atoms with Crippen LogP contribution in [0.15, 0.2) is 18.2 Å². The van der Waals surface area contributed by atoms with Gasteiger partial charge in [0.1, 0.15) is 0 Å². The van der Waals surface area contributed by atoms with Crippen LogP contribution in [0.1, 0.15) is 17.3 Å². The predicted molar refractivity (Wildman–Crippen MR) is 65.0 cm³/mol. The summed E-state index contributed by atoms with van der Waals surface area (Å²) in [6.45, 7) is 1.34. The Morgan fingerprint density at radius 3 is 2.53 bits per heavy atom. The summed E-state index contributed by atoms with van der Waals surface area (Å²) in [5, 5.41) is 10.4. The molecule has 1 aromatic rings. The average molecular weight is 288 g/mol. The van der Waals surface area contributed by atoms with E-state index >= 15 is 0 Å². The van der Waals surface area contributed by atoms with Gasteiger partial charge in [-0.3, -0.25) is 10.1 Å². The normalized spacial score (nSPS) is 11.5. The fourth-order valence-electron chi connectivity index (χ4n) is 1.22. The molecule has 0 fully saturated rings. The molecule has 7 nitrogen and oxygen atoms in total. The number of rotatable bonds is 4. The number of halogens is 1. The zero-order valence-corrected chi connectivity index (χ0v) is 10.8. The van der Waals surface area contributed by atoms with Crippen molar-refractivity contribution in [3.63, 3.8) is 0 Å². The van der Waals surface area contributed by atoms with E-state index in [1.165, 1.54) is 6.92 Å². The number of nitro benzene ring substituents is 1. The number of methoxy groups -OCH3 is 1. The molecule has 0 aliphatic carbocycles. The summed E-state index contributed by atoms with van der Waals surface area (Å²) in [5.41, 5.74) is -0.314. The van der Waals surface area contributed by atoms with Gasteiger partial charge in [0.2, 0.25) is 0 Å².